The average molecular weight is 213 g/mol. The number of halogens is 2. The van der Waals surface area contributed by atoms with Gasteiger partial charge in [-0.3, -0.25) is 0 Å². The van der Waals surface area contributed by atoms with Gasteiger partial charge in [-0.2, -0.15) is 0 Å². The van der Waals surface area contributed by atoms with Gasteiger partial charge >= 0.3 is 0 Å². The highest BCUT2D eigenvalue weighted by atomic mass is 19.1. The molecule has 4 heteroatoms. The van der Waals surface area contributed by atoms with Crippen molar-refractivity contribution in [1.29, 1.82) is 0 Å². The number of hydrogen-bond donors (Lipinski definition) is 1. The monoisotopic (exact) mass is 213 g/mol. The molecule has 0 bridgehead atoms. The molecule has 1 aliphatic heterocycles. The van der Waals surface area contributed by atoms with Crippen molar-refractivity contribution in [1.82, 2.24) is 5.32 Å². The molecule has 1 aromatic carbocycles. The summed E-state index contributed by atoms with van der Waals surface area (Å²) in [5.74, 6) is -1.08. The van der Waals surface area contributed by atoms with Crippen LogP contribution in [0.3, 0.4) is 0 Å². The Balaban J connectivity index is 1.97. The molecule has 1 heterocycles. The summed E-state index contributed by atoms with van der Waals surface area (Å²) in [5.41, 5.74) is 0.0180. The van der Waals surface area contributed by atoms with Gasteiger partial charge in [-0.05, 0) is 25.1 Å². The van der Waals surface area contributed by atoms with Crippen LogP contribution in [0.4, 0.5) is 8.78 Å². The molecule has 1 saturated heterocycles. The van der Waals surface area contributed by atoms with Crippen LogP contribution in [0.1, 0.15) is 12.0 Å². The minimum absolute atomic E-state index is 0.00481. The Hall–Kier alpha value is -1.00. The van der Waals surface area contributed by atoms with Crippen molar-refractivity contribution in [3.05, 3.63) is 35.4 Å². The van der Waals surface area contributed by atoms with Crippen molar-refractivity contribution in [2.24, 2.45) is 0 Å². The highest BCUT2D eigenvalue weighted by Gasteiger charge is 2.16. The van der Waals surface area contributed by atoms with Crippen LogP contribution < -0.4 is 5.32 Å². The SMILES string of the molecule is Fc1cccc(F)c1CO[C@H]1CCNC1. The number of rotatable bonds is 3. The van der Waals surface area contributed by atoms with Gasteiger partial charge in [-0.1, -0.05) is 6.07 Å². The van der Waals surface area contributed by atoms with Crippen LogP contribution >= 0.6 is 0 Å². The van der Waals surface area contributed by atoms with Crippen LogP contribution in [0, 0.1) is 11.6 Å². The lowest BCUT2D eigenvalue weighted by Gasteiger charge is -2.11. The zero-order chi connectivity index (χ0) is 10.7. The Kier molecular flexibility index (Phi) is 3.28. The second-order valence-corrected chi connectivity index (χ2v) is 3.63. The van der Waals surface area contributed by atoms with Crippen molar-refractivity contribution >= 4 is 0 Å². The molecule has 0 aliphatic carbocycles. The van der Waals surface area contributed by atoms with Crippen LogP contribution in [-0.2, 0) is 11.3 Å². The molecule has 0 aromatic heterocycles. The maximum Gasteiger partial charge on any atom is 0.131 e. The number of hydrogen-bond acceptors (Lipinski definition) is 2. The van der Waals surface area contributed by atoms with E-state index in [-0.39, 0.29) is 18.3 Å². The first kappa shape index (κ1) is 10.5. The predicted octanol–water partition coefficient (Wildman–Crippen LogP) is 1.84. The first-order valence-electron chi connectivity index (χ1n) is 5.02. The first-order valence-corrected chi connectivity index (χ1v) is 5.02. The molecule has 0 saturated carbocycles. The van der Waals surface area contributed by atoms with Crippen molar-refractivity contribution in [3.8, 4) is 0 Å². The van der Waals surface area contributed by atoms with Crippen LogP contribution in [0.5, 0.6) is 0 Å². The third-order valence-corrected chi connectivity index (χ3v) is 2.54. The smallest absolute Gasteiger partial charge is 0.131 e. The standard InChI is InChI=1S/C11H13F2NO/c12-10-2-1-3-11(13)9(10)7-15-8-4-5-14-6-8/h1-3,8,14H,4-7H2/t8-/m0/s1. The fourth-order valence-corrected chi connectivity index (χ4v) is 1.64. The second kappa shape index (κ2) is 4.68. The topological polar surface area (TPSA) is 21.3 Å². The number of ether oxygens (including phenoxy) is 1. The summed E-state index contributed by atoms with van der Waals surface area (Å²) in [4.78, 5) is 0. The quantitative estimate of drug-likeness (QED) is 0.827. The third kappa shape index (κ3) is 2.52. The Morgan fingerprint density at radius 3 is 2.67 bits per heavy atom. The van der Waals surface area contributed by atoms with Gasteiger partial charge in [0.15, 0.2) is 0 Å². The van der Waals surface area contributed by atoms with E-state index in [0.717, 1.165) is 19.5 Å². The van der Waals surface area contributed by atoms with Gasteiger partial charge < -0.3 is 10.1 Å². The van der Waals surface area contributed by atoms with Gasteiger partial charge in [-0.25, -0.2) is 8.78 Å². The fraction of sp³-hybridized carbons (Fsp3) is 0.455. The van der Waals surface area contributed by atoms with E-state index in [1.165, 1.54) is 18.2 Å². The molecule has 0 unspecified atom stereocenters. The fourth-order valence-electron chi connectivity index (χ4n) is 1.64. The molecule has 1 N–H and O–H groups in total. The highest BCUT2D eigenvalue weighted by Crippen LogP contribution is 2.15. The lowest BCUT2D eigenvalue weighted by atomic mass is 10.2. The van der Waals surface area contributed by atoms with E-state index in [4.69, 9.17) is 4.74 Å². The lowest BCUT2D eigenvalue weighted by Crippen LogP contribution is -2.17. The summed E-state index contributed by atoms with van der Waals surface area (Å²) in [5, 5.41) is 3.13. The molecule has 15 heavy (non-hydrogen) atoms. The summed E-state index contributed by atoms with van der Waals surface area (Å²) in [6.45, 7) is 1.67. The largest absolute Gasteiger partial charge is 0.372 e. The van der Waals surface area contributed by atoms with E-state index in [0.29, 0.717) is 0 Å². The van der Waals surface area contributed by atoms with Crippen LogP contribution in [0.15, 0.2) is 18.2 Å². The summed E-state index contributed by atoms with van der Waals surface area (Å²) in [6, 6.07) is 3.84. The molecule has 1 fully saturated rings. The van der Waals surface area contributed by atoms with E-state index < -0.39 is 11.6 Å². The summed E-state index contributed by atoms with van der Waals surface area (Å²) >= 11 is 0. The molecule has 0 spiro atoms. The van der Waals surface area contributed by atoms with Crippen molar-refractivity contribution in [2.75, 3.05) is 13.1 Å². The Bertz CT molecular complexity index is 317. The zero-order valence-electron chi connectivity index (χ0n) is 8.30. The molecule has 0 amide bonds. The third-order valence-electron chi connectivity index (χ3n) is 2.54. The van der Waals surface area contributed by atoms with E-state index in [1.54, 1.807) is 0 Å². The Labute approximate surface area is 87.2 Å². The molecule has 1 atom stereocenters. The van der Waals surface area contributed by atoms with E-state index in [9.17, 15) is 8.78 Å². The van der Waals surface area contributed by atoms with Gasteiger partial charge in [0.25, 0.3) is 0 Å². The molecule has 0 radical (unpaired) electrons. The molecule has 82 valence electrons. The van der Waals surface area contributed by atoms with E-state index in [2.05, 4.69) is 5.32 Å². The van der Waals surface area contributed by atoms with Crippen molar-refractivity contribution in [2.45, 2.75) is 19.1 Å². The van der Waals surface area contributed by atoms with Crippen LogP contribution in [0.2, 0.25) is 0 Å². The first-order chi connectivity index (χ1) is 7.27. The second-order valence-electron chi connectivity index (χ2n) is 3.63. The molecular weight excluding hydrogens is 200 g/mol. The number of nitrogens with one attached hydrogen (secondary N) is 1. The minimum atomic E-state index is -0.541. The molecular formula is C11H13F2NO. The Morgan fingerprint density at radius 2 is 2.07 bits per heavy atom. The molecule has 1 aliphatic rings. The summed E-state index contributed by atoms with van der Waals surface area (Å²) in [7, 11) is 0. The van der Waals surface area contributed by atoms with E-state index >= 15 is 0 Å². The highest BCUT2D eigenvalue weighted by molar-refractivity contribution is 5.18. The zero-order valence-corrected chi connectivity index (χ0v) is 8.30. The lowest BCUT2D eigenvalue weighted by molar-refractivity contribution is 0.0507. The van der Waals surface area contributed by atoms with Crippen molar-refractivity contribution in [3.63, 3.8) is 0 Å². The molecule has 2 rings (SSSR count). The maximum absolute atomic E-state index is 13.2. The normalized spacial score (nSPS) is 20.8. The summed E-state index contributed by atoms with van der Waals surface area (Å²) < 4.78 is 31.8. The van der Waals surface area contributed by atoms with Gasteiger partial charge in [0.1, 0.15) is 11.6 Å². The average Bonchev–Trinajstić information content (AvgIpc) is 2.70. The van der Waals surface area contributed by atoms with Gasteiger partial charge in [0.2, 0.25) is 0 Å². The minimum Gasteiger partial charge on any atom is -0.372 e. The summed E-state index contributed by atoms with van der Waals surface area (Å²) in [6.07, 6.45) is 0.972. The van der Waals surface area contributed by atoms with Gasteiger partial charge in [0, 0.05) is 12.1 Å². The Morgan fingerprint density at radius 1 is 1.33 bits per heavy atom. The molecule has 2 nitrogen and oxygen atoms in total. The number of benzene rings is 1. The van der Waals surface area contributed by atoms with Gasteiger partial charge in [0.05, 0.1) is 12.7 Å². The molecule has 1 aromatic rings. The predicted molar refractivity (Wildman–Crippen MR) is 52.4 cm³/mol. The maximum atomic E-state index is 13.2. The van der Waals surface area contributed by atoms with Crippen LogP contribution in [-0.4, -0.2) is 19.2 Å². The van der Waals surface area contributed by atoms with Gasteiger partial charge in [-0.15, -0.1) is 0 Å². The van der Waals surface area contributed by atoms with Crippen LogP contribution in [0.25, 0.3) is 0 Å². The van der Waals surface area contributed by atoms with Crippen molar-refractivity contribution < 1.29 is 13.5 Å². The van der Waals surface area contributed by atoms with E-state index in [1.807, 2.05) is 0 Å².